The van der Waals surface area contributed by atoms with E-state index >= 15 is 0 Å². The topological polar surface area (TPSA) is 289 Å². The zero-order chi connectivity index (χ0) is 28.5. The standard InChI is InChI=1S/C21H38O17/c1-2-9(25)21(18(32)13(29)10(26)6(3-22)37-21)38-17-8(5-24)35-20(15(31)12(17)28)36-16-7(4-23)34-19(33)14(30)11(16)27/h6-20,22-33H,2-5H2,1H3/t6-,7-,8-,9?,10-,11-,12-,13+,14-,15-,16-,17-,18-,19+,20?,21?/m1/s1. The molecule has 0 amide bonds. The fourth-order valence-electron chi connectivity index (χ4n) is 4.82. The maximum Gasteiger partial charge on any atom is 0.224 e. The molecular formula is C21H38O17. The van der Waals surface area contributed by atoms with Gasteiger partial charge >= 0.3 is 0 Å². The monoisotopic (exact) mass is 562 g/mol. The first-order valence-corrected chi connectivity index (χ1v) is 12.2. The molecule has 0 aliphatic carbocycles. The Balaban J connectivity index is 1.86. The Morgan fingerprint density at radius 3 is 1.79 bits per heavy atom. The van der Waals surface area contributed by atoms with Gasteiger partial charge in [-0.1, -0.05) is 6.92 Å². The quantitative estimate of drug-likeness (QED) is 0.124. The summed E-state index contributed by atoms with van der Waals surface area (Å²) in [5.41, 5.74) is 0. The summed E-state index contributed by atoms with van der Waals surface area (Å²) in [6.07, 6.45) is -27.1. The minimum Gasteiger partial charge on any atom is -0.394 e. The molecule has 3 saturated heterocycles. The van der Waals surface area contributed by atoms with Gasteiger partial charge in [0.25, 0.3) is 0 Å². The SMILES string of the molecule is CCC(O)C1(O[C@H]2[C@H](O)[C@@H](O)C(O[C@H]3[C@H](O)[C@@H](O)[C@@H](O)O[C@@H]3CO)O[C@@H]2CO)O[C@H](CO)[C@@H](O)[C@H](O)[C@H]1O. The molecule has 0 spiro atoms. The Hall–Kier alpha value is -0.680. The molecule has 17 nitrogen and oxygen atoms in total. The molecule has 38 heavy (non-hydrogen) atoms. The maximum atomic E-state index is 10.9. The Kier molecular flexibility index (Phi) is 10.8. The summed E-state index contributed by atoms with van der Waals surface area (Å²) in [5, 5.41) is 122. The number of rotatable bonds is 9. The maximum absolute atomic E-state index is 10.9. The van der Waals surface area contributed by atoms with Crippen molar-refractivity contribution in [2.24, 2.45) is 0 Å². The lowest BCUT2D eigenvalue weighted by Crippen LogP contribution is -2.73. The van der Waals surface area contributed by atoms with Crippen molar-refractivity contribution < 1.29 is 85.0 Å². The molecule has 0 aromatic rings. The minimum atomic E-state index is -2.58. The highest BCUT2D eigenvalue weighted by atomic mass is 16.8. The van der Waals surface area contributed by atoms with E-state index in [1.54, 1.807) is 0 Å². The first-order chi connectivity index (χ1) is 17.9. The lowest BCUT2D eigenvalue weighted by Gasteiger charge is -2.53. The largest absolute Gasteiger partial charge is 0.394 e. The van der Waals surface area contributed by atoms with E-state index < -0.39 is 118 Å². The summed E-state index contributed by atoms with van der Waals surface area (Å²) in [6.45, 7) is -1.12. The van der Waals surface area contributed by atoms with Crippen LogP contribution >= 0.6 is 0 Å². The smallest absolute Gasteiger partial charge is 0.224 e. The third-order valence-corrected chi connectivity index (χ3v) is 7.10. The molecule has 0 radical (unpaired) electrons. The minimum absolute atomic E-state index is 0.157. The van der Waals surface area contributed by atoms with E-state index in [4.69, 9.17) is 23.7 Å². The molecule has 3 aliphatic heterocycles. The van der Waals surface area contributed by atoms with Crippen LogP contribution in [0.15, 0.2) is 0 Å². The summed E-state index contributed by atoms with van der Waals surface area (Å²) < 4.78 is 27.1. The second-order valence-electron chi connectivity index (χ2n) is 9.53. The number of hydrogen-bond donors (Lipinski definition) is 12. The van der Waals surface area contributed by atoms with Crippen LogP contribution in [0.2, 0.25) is 0 Å². The molecule has 3 rings (SSSR count). The van der Waals surface area contributed by atoms with Gasteiger partial charge in [-0.3, -0.25) is 0 Å². The Bertz CT molecular complexity index is 741. The van der Waals surface area contributed by atoms with E-state index in [0.29, 0.717) is 0 Å². The predicted octanol–water partition coefficient (Wildman–Crippen LogP) is -7.43. The van der Waals surface area contributed by atoms with Crippen molar-refractivity contribution >= 4 is 0 Å². The van der Waals surface area contributed by atoms with Crippen LogP contribution in [-0.2, 0) is 23.7 Å². The molecule has 0 aromatic carbocycles. The summed E-state index contributed by atoms with van der Waals surface area (Å²) in [7, 11) is 0. The van der Waals surface area contributed by atoms with Crippen LogP contribution in [0, 0.1) is 0 Å². The molecule has 3 heterocycles. The second kappa shape index (κ2) is 12.9. The van der Waals surface area contributed by atoms with Crippen LogP contribution < -0.4 is 0 Å². The van der Waals surface area contributed by atoms with Crippen LogP contribution in [0.5, 0.6) is 0 Å². The Morgan fingerprint density at radius 2 is 1.24 bits per heavy atom. The zero-order valence-electron chi connectivity index (χ0n) is 20.4. The van der Waals surface area contributed by atoms with Gasteiger partial charge in [-0.25, -0.2) is 0 Å². The van der Waals surface area contributed by atoms with E-state index in [2.05, 4.69) is 0 Å². The second-order valence-corrected chi connectivity index (χ2v) is 9.53. The average molecular weight is 563 g/mol. The third kappa shape index (κ3) is 5.71. The highest BCUT2D eigenvalue weighted by molar-refractivity contribution is 5.03. The summed E-state index contributed by atoms with van der Waals surface area (Å²) >= 11 is 0. The van der Waals surface area contributed by atoms with Crippen molar-refractivity contribution in [2.45, 2.75) is 111 Å². The van der Waals surface area contributed by atoms with Crippen LogP contribution in [-0.4, -0.2) is 179 Å². The van der Waals surface area contributed by atoms with Crippen LogP contribution in [0.1, 0.15) is 13.3 Å². The summed E-state index contributed by atoms with van der Waals surface area (Å²) in [4.78, 5) is 0. The van der Waals surface area contributed by atoms with Crippen molar-refractivity contribution in [3.05, 3.63) is 0 Å². The molecule has 0 aromatic heterocycles. The lowest BCUT2D eigenvalue weighted by molar-refractivity contribution is -0.427. The molecule has 16 atom stereocenters. The first kappa shape index (κ1) is 31.8. The van der Waals surface area contributed by atoms with Crippen molar-refractivity contribution in [2.75, 3.05) is 19.8 Å². The molecule has 0 bridgehead atoms. The van der Waals surface area contributed by atoms with E-state index in [9.17, 15) is 61.3 Å². The highest BCUT2D eigenvalue weighted by Crippen LogP contribution is 2.39. The van der Waals surface area contributed by atoms with Crippen LogP contribution in [0.4, 0.5) is 0 Å². The predicted molar refractivity (Wildman–Crippen MR) is 116 cm³/mol. The van der Waals surface area contributed by atoms with E-state index in [-0.39, 0.29) is 6.42 Å². The molecule has 12 N–H and O–H groups in total. The highest BCUT2D eigenvalue weighted by Gasteiger charge is 2.61. The Labute approximate surface area is 216 Å². The van der Waals surface area contributed by atoms with Gasteiger partial charge in [0.05, 0.1) is 19.8 Å². The Morgan fingerprint density at radius 1 is 0.684 bits per heavy atom. The molecule has 0 saturated carbocycles. The van der Waals surface area contributed by atoms with Gasteiger partial charge < -0.3 is 85.0 Å². The van der Waals surface area contributed by atoms with E-state index in [0.717, 1.165) is 0 Å². The molecule has 3 fully saturated rings. The number of ether oxygens (including phenoxy) is 5. The van der Waals surface area contributed by atoms with Gasteiger partial charge in [0.15, 0.2) is 12.6 Å². The fraction of sp³-hybridized carbons (Fsp3) is 1.00. The number of hydrogen-bond acceptors (Lipinski definition) is 17. The molecule has 3 aliphatic rings. The molecule has 224 valence electrons. The number of aliphatic hydroxyl groups excluding tert-OH is 12. The van der Waals surface area contributed by atoms with Crippen LogP contribution in [0.3, 0.4) is 0 Å². The first-order valence-electron chi connectivity index (χ1n) is 12.2. The van der Waals surface area contributed by atoms with Gasteiger partial charge in [0, 0.05) is 0 Å². The average Bonchev–Trinajstić information content (AvgIpc) is 2.92. The molecule has 17 heteroatoms. The molecular weight excluding hydrogens is 524 g/mol. The zero-order valence-corrected chi connectivity index (χ0v) is 20.4. The number of aliphatic hydroxyl groups is 12. The van der Waals surface area contributed by atoms with Gasteiger partial charge in [0.2, 0.25) is 5.79 Å². The van der Waals surface area contributed by atoms with Gasteiger partial charge in [-0.05, 0) is 6.42 Å². The third-order valence-electron chi connectivity index (χ3n) is 7.10. The van der Waals surface area contributed by atoms with Crippen LogP contribution in [0.25, 0.3) is 0 Å². The summed E-state index contributed by atoms with van der Waals surface area (Å²) in [6, 6.07) is 0. The van der Waals surface area contributed by atoms with E-state index in [1.807, 2.05) is 0 Å². The van der Waals surface area contributed by atoms with Gasteiger partial charge in [-0.2, -0.15) is 0 Å². The van der Waals surface area contributed by atoms with Gasteiger partial charge in [0.1, 0.15) is 79.4 Å². The van der Waals surface area contributed by atoms with E-state index in [1.165, 1.54) is 6.92 Å². The van der Waals surface area contributed by atoms with Crippen molar-refractivity contribution in [3.63, 3.8) is 0 Å². The lowest BCUT2D eigenvalue weighted by atomic mass is 9.87. The van der Waals surface area contributed by atoms with Crippen molar-refractivity contribution in [1.29, 1.82) is 0 Å². The fourth-order valence-corrected chi connectivity index (χ4v) is 4.82. The van der Waals surface area contributed by atoms with Gasteiger partial charge in [-0.15, -0.1) is 0 Å². The van der Waals surface area contributed by atoms with Crippen molar-refractivity contribution in [1.82, 2.24) is 0 Å². The summed E-state index contributed by atoms with van der Waals surface area (Å²) in [5.74, 6) is -2.58. The van der Waals surface area contributed by atoms with Crippen molar-refractivity contribution in [3.8, 4) is 0 Å². The molecule has 3 unspecified atom stereocenters. The normalized spacial score (nSPS) is 51.1.